The van der Waals surface area contributed by atoms with E-state index in [0.29, 0.717) is 11.5 Å². The maximum absolute atomic E-state index is 12.9. The Hall–Kier alpha value is -2.46. The molecule has 1 fully saturated rings. The van der Waals surface area contributed by atoms with Crippen molar-refractivity contribution in [2.75, 3.05) is 19.8 Å². The third kappa shape index (κ3) is 3.86. The minimum absolute atomic E-state index is 0.0166. The van der Waals surface area contributed by atoms with E-state index in [1.807, 2.05) is 18.2 Å². The minimum Gasteiger partial charge on any atom is -0.457 e. The Kier molecular flexibility index (Phi) is 5.52. The molecule has 0 spiro atoms. The number of benzene rings is 2. The highest BCUT2D eigenvalue weighted by molar-refractivity contribution is 7.89. The zero-order chi connectivity index (χ0) is 18.6. The topological polar surface area (TPSA) is 105 Å². The van der Waals surface area contributed by atoms with Gasteiger partial charge in [0.2, 0.25) is 10.0 Å². The third-order valence-corrected chi connectivity index (χ3v) is 5.82. The Morgan fingerprint density at radius 1 is 1.12 bits per heavy atom. The summed E-state index contributed by atoms with van der Waals surface area (Å²) >= 11 is 0. The number of ether oxygens (including phenoxy) is 2. The van der Waals surface area contributed by atoms with E-state index in [0.717, 1.165) is 4.31 Å². The first-order valence-electron chi connectivity index (χ1n) is 7.89. The van der Waals surface area contributed by atoms with Crippen molar-refractivity contribution in [1.29, 1.82) is 0 Å². The number of rotatable bonds is 5. The van der Waals surface area contributed by atoms with Crippen molar-refractivity contribution in [1.82, 2.24) is 9.79 Å². The smallest absolute Gasteiger partial charge is 0.264 e. The summed E-state index contributed by atoms with van der Waals surface area (Å²) in [5, 5.41) is 8.82. The molecule has 0 aromatic heterocycles. The van der Waals surface area contributed by atoms with Gasteiger partial charge in [-0.2, -0.15) is 4.31 Å². The lowest BCUT2D eigenvalue weighted by atomic mass is 10.3. The predicted molar refractivity (Wildman–Crippen MR) is 91.4 cm³/mol. The van der Waals surface area contributed by atoms with Crippen molar-refractivity contribution in [3.05, 3.63) is 54.6 Å². The summed E-state index contributed by atoms with van der Waals surface area (Å²) in [5.74, 6) is 0.287. The summed E-state index contributed by atoms with van der Waals surface area (Å²) < 4.78 is 37.5. The summed E-state index contributed by atoms with van der Waals surface area (Å²) in [6, 6.07) is 13.9. The molecule has 1 amide bonds. The molecule has 1 aliphatic heterocycles. The summed E-state index contributed by atoms with van der Waals surface area (Å²) in [6.07, 6.45) is 0. The molecule has 1 atom stereocenters. The van der Waals surface area contributed by atoms with Gasteiger partial charge in [0, 0.05) is 6.54 Å². The van der Waals surface area contributed by atoms with Crippen molar-refractivity contribution in [2.45, 2.75) is 10.9 Å². The van der Waals surface area contributed by atoms with E-state index in [1.54, 1.807) is 24.3 Å². The van der Waals surface area contributed by atoms with Crippen molar-refractivity contribution >= 4 is 15.9 Å². The van der Waals surface area contributed by atoms with Crippen molar-refractivity contribution in [3.8, 4) is 11.5 Å². The standard InChI is InChI=1S/C17H18N2O6S/c20-17(18-21)16-12-24-11-10-19(16)26(22,23)15-8-6-14(7-9-15)25-13-4-2-1-3-5-13/h1-9,16,21H,10-12H2,(H,18,20). The quantitative estimate of drug-likeness (QED) is 0.601. The molecule has 1 unspecified atom stereocenters. The lowest BCUT2D eigenvalue weighted by Crippen LogP contribution is -2.55. The molecule has 9 heteroatoms. The first-order chi connectivity index (χ1) is 12.5. The van der Waals surface area contributed by atoms with Crippen LogP contribution in [0.5, 0.6) is 11.5 Å². The molecule has 0 bridgehead atoms. The van der Waals surface area contributed by atoms with Gasteiger partial charge in [0.25, 0.3) is 5.91 Å². The number of carbonyl (C=O) groups excluding carboxylic acids is 1. The monoisotopic (exact) mass is 378 g/mol. The summed E-state index contributed by atoms with van der Waals surface area (Å²) in [4.78, 5) is 11.8. The average molecular weight is 378 g/mol. The second-order valence-corrected chi connectivity index (χ2v) is 7.46. The Balaban J connectivity index is 1.81. The fourth-order valence-corrected chi connectivity index (χ4v) is 4.15. The van der Waals surface area contributed by atoms with E-state index in [-0.39, 0.29) is 24.7 Å². The average Bonchev–Trinajstić information content (AvgIpc) is 2.68. The molecule has 0 radical (unpaired) electrons. The van der Waals surface area contributed by atoms with Gasteiger partial charge < -0.3 is 9.47 Å². The van der Waals surface area contributed by atoms with Crippen LogP contribution in [0.15, 0.2) is 59.5 Å². The van der Waals surface area contributed by atoms with Crippen LogP contribution in [0, 0.1) is 0 Å². The molecule has 1 aliphatic rings. The predicted octanol–water partition coefficient (Wildman–Crippen LogP) is 1.37. The van der Waals surface area contributed by atoms with Crippen LogP contribution in [0.1, 0.15) is 0 Å². The number of carbonyl (C=O) groups is 1. The first-order valence-corrected chi connectivity index (χ1v) is 9.33. The number of amides is 1. The van der Waals surface area contributed by atoms with Crippen LogP contribution in [0.3, 0.4) is 0 Å². The van der Waals surface area contributed by atoms with Gasteiger partial charge in [-0.15, -0.1) is 0 Å². The lowest BCUT2D eigenvalue weighted by molar-refractivity contribution is -0.137. The summed E-state index contributed by atoms with van der Waals surface area (Å²) in [7, 11) is -3.93. The number of para-hydroxylation sites is 1. The zero-order valence-electron chi connectivity index (χ0n) is 13.7. The number of nitrogens with zero attached hydrogens (tertiary/aromatic N) is 1. The molecule has 3 rings (SSSR count). The van der Waals surface area contributed by atoms with Gasteiger partial charge in [-0.1, -0.05) is 18.2 Å². The van der Waals surface area contributed by atoms with Gasteiger partial charge in [-0.25, -0.2) is 13.9 Å². The molecule has 1 heterocycles. The highest BCUT2D eigenvalue weighted by atomic mass is 32.2. The number of sulfonamides is 1. The Bertz CT molecular complexity index is 855. The maximum Gasteiger partial charge on any atom is 0.264 e. The molecule has 1 saturated heterocycles. The SMILES string of the molecule is O=C(NO)C1COCCN1S(=O)(=O)c1ccc(Oc2ccccc2)cc1. The summed E-state index contributed by atoms with van der Waals surface area (Å²) in [6.45, 7) is 0.0627. The molecule has 2 aromatic carbocycles. The molecule has 2 N–H and O–H groups in total. The fraction of sp³-hybridized carbons (Fsp3) is 0.235. The highest BCUT2D eigenvalue weighted by Gasteiger charge is 2.38. The van der Waals surface area contributed by atoms with E-state index in [4.69, 9.17) is 14.7 Å². The molecular weight excluding hydrogens is 360 g/mol. The molecule has 0 aliphatic carbocycles. The number of morpholine rings is 1. The normalized spacial score (nSPS) is 18.3. The lowest BCUT2D eigenvalue weighted by Gasteiger charge is -2.32. The number of hydrogen-bond acceptors (Lipinski definition) is 6. The number of nitrogens with one attached hydrogen (secondary N) is 1. The number of hydrogen-bond donors (Lipinski definition) is 2. The van der Waals surface area contributed by atoms with Crippen LogP contribution in [-0.4, -0.2) is 49.6 Å². The second kappa shape index (κ2) is 7.83. The molecule has 2 aromatic rings. The van der Waals surface area contributed by atoms with Gasteiger partial charge in [0.1, 0.15) is 17.5 Å². The van der Waals surface area contributed by atoms with E-state index < -0.39 is 22.0 Å². The molecule has 138 valence electrons. The van der Waals surface area contributed by atoms with Gasteiger partial charge in [-0.05, 0) is 36.4 Å². The van der Waals surface area contributed by atoms with E-state index >= 15 is 0 Å². The maximum atomic E-state index is 12.9. The van der Waals surface area contributed by atoms with Crippen molar-refractivity contribution in [3.63, 3.8) is 0 Å². The summed E-state index contributed by atoms with van der Waals surface area (Å²) in [5.41, 5.74) is 1.48. The van der Waals surface area contributed by atoms with E-state index in [9.17, 15) is 13.2 Å². The zero-order valence-corrected chi connectivity index (χ0v) is 14.6. The van der Waals surface area contributed by atoms with Gasteiger partial charge in [0.15, 0.2) is 0 Å². The highest BCUT2D eigenvalue weighted by Crippen LogP contribution is 2.25. The molecule has 0 saturated carbocycles. The second-order valence-electron chi connectivity index (χ2n) is 5.57. The van der Waals surface area contributed by atoms with Crippen LogP contribution >= 0.6 is 0 Å². The van der Waals surface area contributed by atoms with Gasteiger partial charge in [-0.3, -0.25) is 10.0 Å². The Labute approximate surface area is 151 Å². The van der Waals surface area contributed by atoms with Crippen LogP contribution < -0.4 is 10.2 Å². The van der Waals surface area contributed by atoms with Crippen LogP contribution in [0.25, 0.3) is 0 Å². The molecular formula is C17H18N2O6S. The van der Waals surface area contributed by atoms with Gasteiger partial charge >= 0.3 is 0 Å². The van der Waals surface area contributed by atoms with Crippen LogP contribution in [0.4, 0.5) is 0 Å². The molecule has 26 heavy (non-hydrogen) atoms. The fourth-order valence-electron chi connectivity index (χ4n) is 2.60. The van der Waals surface area contributed by atoms with Crippen LogP contribution in [-0.2, 0) is 19.6 Å². The minimum atomic E-state index is -3.93. The third-order valence-electron chi connectivity index (χ3n) is 3.90. The van der Waals surface area contributed by atoms with Crippen molar-refractivity contribution < 1.29 is 27.9 Å². The van der Waals surface area contributed by atoms with Crippen LogP contribution in [0.2, 0.25) is 0 Å². The van der Waals surface area contributed by atoms with Gasteiger partial charge in [0.05, 0.1) is 18.1 Å². The van der Waals surface area contributed by atoms with E-state index in [1.165, 1.54) is 17.6 Å². The first kappa shape index (κ1) is 18.3. The number of hydroxylamine groups is 1. The Morgan fingerprint density at radius 3 is 2.42 bits per heavy atom. The molecule has 8 nitrogen and oxygen atoms in total. The van der Waals surface area contributed by atoms with Crippen molar-refractivity contribution in [2.24, 2.45) is 0 Å². The Morgan fingerprint density at radius 2 is 1.77 bits per heavy atom. The largest absolute Gasteiger partial charge is 0.457 e. The van der Waals surface area contributed by atoms with E-state index in [2.05, 4.69) is 0 Å².